The van der Waals surface area contributed by atoms with Gasteiger partial charge in [-0.2, -0.15) is 5.26 Å². The fourth-order valence-corrected chi connectivity index (χ4v) is 4.99. The molecule has 0 atom stereocenters. The first kappa shape index (κ1) is 28.8. The maximum atomic E-state index is 14.5. The average Bonchev–Trinajstić information content (AvgIpc) is 3.42. The number of allylic oxidation sites excluding steroid dienone is 1. The molecule has 4 rings (SSSR count). The minimum absolute atomic E-state index is 0.0994. The molecule has 2 heterocycles. The van der Waals surface area contributed by atoms with Crippen LogP contribution in [0.15, 0.2) is 60.2 Å². The Labute approximate surface area is 236 Å². The molecule has 0 saturated heterocycles. The van der Waals surface area contributed by atoms with Crippen molar-refractivity contribution in [3.8, 4) is 17.4 Å². The van der Waals surface area contributed by atoms with Crippen molar-refractivity contribution in [1.29, 1.82) is 5.26 Å². The van der Waals surface area contributed by atoms with E-state index in [0.717, 1.165) is 5.69 Å². The maximum Gasteiger partial charge on any atom is 0.337 e. The van der Waals surface area contributed by atoms with Gasteiger partial charge in [0.25, 0.3) is 0 Å². The van der Waals surface area contributed by atoms with Crippen LogP contribution in [0, 0.1) is 44.8 Å². The molecule has 2 aromatic carbocycles. The Balaban J connectivity index is 1.79. The summed E-state index contributed by atoms with van der Waals surface area (Å²) in [5, 5.41) is 9.96. The zero-order valence-electron chi connectivity index (χ0n) is 23.5. The number of Topliss-reactive ketones (excluding diaryl/α,β-unsaturated/α-hetero) is 1. The summed E-state index contributed by atoms with van der Waals surface area (Å²) in [6.07, 6.45) is 1.50. The van der Waals surface area contributed by atoms with Crippen LogP contribution in [0.5, 0.6) is 0 Å². The summed E-state index contributed by atoms with van der Waals surface area (Å²) in [7, 11) is 2.47. The molecule has 0 saturated carbocycles. The number of aryl methyl sites for hydroxylation is 2. The van der Waals surface area contributed by atoms with E-state index in [-0.39, 0.29) is 28.1 Å². The van der Waals surface area contributed by atoms with Crippen molar-refractivity contribution in [2.24, 2.45) is 0 Å². The molecule has 0 unspecified atom stereocenters. The third kappa shape index (κ3) is 5.32. The van der Waals surface area contributed by atoms with Gasteiger partial charge >= 0.3 is 11.9 Å². The summed E-state index contributed by atoms with van der Waals surface area (Å²) in [6, 6.07) is 16.3. The largest absolute Gasteiger partial charge is 0.465 e. The van der Waals surface area contributed by atoms with Crippen molar-refractivity contribution in [2.45, 2.75) is 27.7 Å². The lowest BCUT2D eigenvalue weighted by molar-refractivity contribution is 0.0598. The number of aromatic nitrogens is 2. The second-order valence-electron chi connectivity index (χ2n) is 9.48. The van der Waals surface area contributed by atoms with Crippen LogP contribution >= 0.6 is 0 Å². The van der Waals surface area contributed by atoms with Crippen molar-refractivity contribution in [3.05, 3.63) is 111 Å². The first-order chi connectivity index (χ1) is 19.5. The number of hydrogen-bond donors (Lipinski definition) is 0. The Morgan fingerprint density at radius 3 is 1.98 bits per heavy atom. The third-order valence-electron chi connectivity index (χ3n) is 6.92. The molecule has 0 aliphatic rings. The number of para-hydroxylation sites is 1. The summed E-state index contributed by atoms with van der Waals surface area (Å²) in [6.45, 7) is 7.10. The second kappa shape index (κ2) is 11.5. The number of ether oxygens (including phenoxy) is 2. The minimum atomic E-state index is -0.640. The molecule has 0 amide bonds. The van der Waals surface area contributed by atoms with Crippen molar-refractivity contribution >= 4 is 23.8 Å². The number of hydrogen-bond acceptors (Lipinski definition) is 6. The minimum Gasteiger partial charge on any atom is -0.465 e. The SMILES string of the molecule is COC(=O)c1cc(C(=O)OC)cc(-n2c(C)cc(C(=O)/C(C#N)=C/c3cc(C)n(-c4ccccc4F)c3C)c2C)c1. The number of benzene rings is 2. The van der Waals surface area contributed by atoms with Gasteiger partial charge < -0.3 is 18.6 Å². The van der Waals surface area contributed by atoms with Gasteiger partial charge in [0.05, 0.1) is 31.0 Å². The van der Waals surface area contributed by atoms with E-state index >= 15 is 0 Å². The van der Waals surface area contributed by atoms with E-state index in [1.165, 1.54) is 32.4 Å². The quantitative estimate of drug-likeness (QED) is 0.120. The van der Waals surface area contributed by atoms with Crippen LogP contribution in [0.25, 0.3) is 17.5 Å². The van der Waals surface area contributed by atoms with E-state index in [4.69, 9.17) is 9.47 Å². The number of esters is 2. The van der Waals surface area contributed by atoms with E-state index in [9.17, 15) is 24.0 Å². The Hall–Kier alpha value is -5.23. The van der Waals surface area contributed by atoms with Crippen LogP contribution in [0.2, 0.25) is 0 Å². The molecule has 2 aromatic heterocycles. The van der Waals surface area contributed by atoms with Crippen molar-refractivity contribution < 1.29 is 28.2 Å². The Bertz CT molecular complexity index is 1750. The van der Waals surface area contributed by atoms with Crippen molar-refractivity contribution in [3.63, 3.8) is 0 Å². The second-order valence-corrected chi connectivity index (χ2v) is 9.48. The molecule has 0 aliphatic carbocycles. The van der Waals surface area contributed by atoms with Crippen molar-refractivity contribution in [1.82, 2.24) is 9.13 Å². The predicted octanol–water partition coefficient (Wildman–Crippen LogP) is 6.00. The molecule has 8 nitrogen and oxygen atoms in total. The molecule has 0 bridgehead atoms. The van der Waals surface area contributed by atoms with Gasteiger partial charge in [-0.05, 0) is 81.8 Å². The molecular formula is C32H28FN3O5. The van der Waals surface area contributed by atoms with Crippen LogP contribution in [0.4, 0.5) is 4.39 Å². The zero-order valence-corrected chi connectivity index (χ0v) is 23.5. The number of halogens is 1. The van der Waals surface area contributed by atoms with E-state index in [2.05, 4.69) is 0 Å². The van der Waals surface area contributed by atoms with Crippen LogP contribution in [0.1, 0.15) is 59.4 Å². The van der Waals surface area contributed by atoms with Crippen molar-refractivity contribution in [2.75, 3.05) is 14.2 Å². The lowest BCUT2D eigenvalue weighted by Gasteiger charge is -2.13. The van der Waals surface area contributed by atoms with Gasteiger partial charge in [-0.15, -0.1) is 0 Å². The number of methoxy groups -OCH3 is 2. The average molecular weight is 554 g/mol. The highest BCUT2D eigenvalue weighted by atomic mass is 19.1. The lowest BCUT2D eigenvalue weighted by Crippen LogP contribution is -2.10. The molecule has 0 N–H and O–H groups in total. The summed E-state index contributed by atoms with van der Waals surface area (Å²) >= 11 is 0. The van der Waals surface area contributed by atoms with E-state index in [0.29, 0.717) is 34.0 Å². The Morgan fingerprint density at radius 2 is 1.41 bits per heavy atom. The zero-order chi connectivity index (χ0) is 30.0. The number of nitriles is 1. The normalized spacial score (nSPS) is 11.2. The molecule has 0 fully saturated rings. The van der Waals surface area contributed by atoms with Gasteiger partial charge in [0.2, 0.25) is 5.78 Å². The lowest BCUT2D eigenvalue weighted by atomic mass is 10.0. The smallest absolute Gasteiger partial charge is 0.337 e. The fourth-order valence-electron chi connectivity index (χ4n) is 4.99. The van der Waals surface area contributed by atoms with E-state index < -0.39 is 17.7 Å². The Morgan fingerprint density at radius 1 is 0.829 bits per heavy atom. The number of ketones is 1. The first-order valence-electron chi connectivity index (χ1n) is 12.6. The van der Waals surface area contributed by atoms with Crippen LogP contribution in [-0.4, -0.2) is 41.1 Å². The van der Waals surface area contributed by atoms with Gasteiger partial charge in [-0.25, -0.2) is 14.0 Å². The predicted molar refractivity (Wildman–Crippen MR) is 151 cm³/mol. The monoisotopic (exact) mass is 553 g/mol. The van der Waals surface area contributed by atoms with Crippen LogP contribution in [-0.2, 0) is 9.47 Å². The van der Waals surface area contributed by atoms with Gasteiger partial charge in [-0.3, -0.25) is 4.79 Å². The molecule has 4 aromatic rings. The molecule has 9 heteroatoms. The van der Waals surface area contributed by atoms with E-state index in [1.54, 1.807) is 72.4 Å². The van der Waals surface area contributed by atoms with Crippen LogP contribution < -0.4 is 0 Å². The highest BCUT2D eigenvalue weighted by Gasteiger charge is 2.23. The highest BCUT2D eigenvalue weighted by Crippen LogP contribution is 2.28. The molecular weight excluding hydrogens is 525 g/mol. The topological polar surface area (TPSA) is 103 Å². The Kier molecular flexibility index (Phi) is 8.06. The first-order valence-corrected chi connectivity index (χ1v) is 12.6. The molecule has 0 radical (unpaired) electrons. The molecule has 0 spiro atoms. The summed E-state index contributed by atoms with van der Waals surface area (Å²) in [5.74, 6) is -2.17. The molecule has 208 valence electrons. The maximum absolute atomic E-state index is 14.5. The van der Waals surface area contributed by atoms with E-state index in [1.807, 2.05) is 13.0 Å². The van der Waals surface area contributed by atoms with Gasteiger partial charge in [0, 0.05) is 34.0 Å². The standard InChI is InChI=1S/C32H28FN3O5/c1-18-11-22(20(3)36(18)29-10-8-7-9-28(29)33)13-25(17-34)30(37)27-12-19(2)35(21(27)4)26-15-23(31(38)40-5)14-24(16-26)32(39)41-6/h7-16H,1-6H3/b25-13+. The van der Waals surface area contributed by atoms with Crippen LogP contribution in [0.3, 0.4) is 0 Å². The fraction of sp³-hybridized carbons (Fsp3) is 0.188. The number of nitrogens with zero attached hydrogens (tertiary/aromatic N) is 3. The number of rotatable bonds is 7. The summed E-state index contributed by atoms with van der Waals surface area (Å²) in [4.78, 5) is 38.3. The van der Waals surface area contributed by atoms with Gasteiger partial charge in [-0.1, -0.05) is 12.1 Å². The third-order valence-corrected chi connectivity index (χ3v) is 6.92. The summed E-state index contributed by atoms with van der Waals surface area (Å²) < 4.78 is 27.7. The molecule has 41 heavy (non-hydrogen) atoms. The molecule has 0 aliphatic heterocycles. The number of carbonyl (C=O) groups is 3. The summed E-state index contributed by atoms with van der Waals surface area (Å²) in [5.41, 5.74) is 4.43. The van der Waals surface area contributed by atoms with Gasteiger partial charge in [0.1, 0.15) is 17.5 Å². The number of carbonyl (C=O) groups excluding carboxylic acids is 3. The highest BCUT2D eigenvalue weighted by molar-refractivity contribution is 6.15. The van der Waals surface area contributed by atoms with Gasteiger partial charge in [0.15, 0.2) is 0 Å².